The van der Waals surface area contributed by atoms with E-state index in [1.54, 1.807) is 53.9 Å². The number of nitrogens with one attached hydrogen (secondary N) is 1. The molecular weight excluding hydrogens is 630 g/mol. The molecule has 3 aromatic carbocycles. The predicted molar refractivity (Wildman–Crippen MR) is 176 cm³/mol. The molecule has 0 bridgehead atoms. The fourth-order valence-electron chi connectivity index (χ4n) is 5.05. The first kappa shape index (κ1) is 30.0. The second-order valence-corrected chi connectivity index (χ2v) is 13.9. The smallest absolute Gasteiger partial charge is 0.259 e. The van der Waals surface area contributed by atoms with E-state index >= 15 is 0 Å². The number of fused-ring (bicyclic) bond motifs is 1. The van der Waals surface area contributed by atoms with Gasteiger partial charge in [-0.2, -0.15) is 5.26 Å². The van der Waals surface area contributed by atoms with Crippen LogP contribution in [0.5, 0.6) is 5.75 Å². The van der Waals surface area contributed by atoms with Crippen molar-refractivity contribution in [1.82, 2.24) is 0 Å². The Morgan fingerprint density at radius 1 is 1.17 bits per heavy atom. The fraction of sp³-hybridized carbons (Fsp3) is 0.265. The highest BCUT2D eigenvalue weighted by Crippen LogP contribution is 2.45. The molecular formula is C34H31BrClN3O2S. The molecule has 0 spiro atoms. The molecule has 0 radical (unpaired) electrons. The van der Waals surface area contributed by atoms with Gasteiger partial charge in [-0.25, -0.2) is 4.99 Å². The summed E-state index contributed by atoms with van der Waals surface area (Å²) < 4.78 is 6.79. The largest absolute Gasteiger partial charge is 0.488 e. The van der Waals surface area contributed by atoms with Crippen LogP contribution < -0.4 is 10.1 Å². The van der Waals surface area contributed by atoms with Crippen molar-refractivity contribution in [2.24, 2.45) is 16.3 Å². The van der Waals surface area contributed by atoms with Gasteiger partial charge >= 0.3 is 0 Å². The molecule has 1 heterocycles. The molecule has 5 rings (SSSR count). The summed E-state index contributed by atoms with van der Waals surface area (Å²) in [5, 5.41) is 13.4. The summed E-state index contributed by atoms with van der Waals surface area (Å²) in [6, 6.07) is 22.4. The van der Waals surface area contributed by atoms with E-state index in [0.29, 0.717) is 40.1 Å². The van der Waals surface area contributed by atoms with Crippen LogP contribution in [0.2, 0.25) is 5.02 Å². The van der Waals surface area contributed by atoms with E-state index < -0.39 is 0 Å². The van der Waals surface area contributed by atoms with Crippen LogP contribution in [0.25, 0.3) is 0 Å². The van der Waals surface area contributed by atoms with Crippen LogP contribution in [0, 0.1) is 22.7 Å². The van der Waals surface area contributed by atoms with Gasteiger partial charge in [-0.15, -0.1) is 11.3 Å². The van der Waals surface area contributed by atoms with E-state index in [-0.39, 0.29) is 11.3 Å². The maximum atomic E-state index is 13.6. The molecule has 1 N–H and O–H groups in total. The molecule has 0 saturated carbocycles. The summed E-state index contributed by atoms with van der Waals surface area (Å²) in [5.74, 6) is 1.11. The first-order valence-electron chi connectivity index (χ1n) is 13.8. The number of hydrogen-bond acceptors (Lipinski definition) is 5. The number of anilines is 1. The Hall–Kier alpha value is -3.44. The standard InChI is InChI=1S/C34H31BrClN3O2S/c1-34(2,3)24-9-14-27-30(17-24)42-33(31(27)32(40)39-26-12-10-25(36)11-13-26)38-19-23-8-15-29(28(35)16-23)41-20-22-6-4-21(18-37)5-7-22/h4-8,10-13,15-16,19,24H,9,14,17,20H2,1-3H3,(H,39,40)/t24-/m0/s1. The van der Waals surface area contributed by atoms with Gasteiger partial charge < -0.3 is 10.1 Å². The van der Waals surface area contributed by atoms with Crippen molar-refractivity contribution in [2.75, 3.05) is 5.32 Å². The lowest BCUT2D eigenvalue weighted by molar-refractivity contribution is 0.102. The monoisotopic (exact) mass is 659 g/mol. The van der Waals surface area contributed by atoms with Gasteiger partial charge in [-0.1, -0.05) is 44.5 Å². The summed E-state index contributed by atoms with van der Waals surface area (Å²) in [6.45, 7) is 7.26. The van der Waals surface area contributed by atoms with Crippen molar-refractivity contribution < 1.29 is 9.53 Å². The SMILES string of the molecule is CC(C)(C)[C@H]1CCc2c(sc(N=Cc3ccc(OCc4ccc(C#N)cc4)c(Br)c3)c2C(=O)Nc2ccc(Cl)cc2)C1. The maximum Gasteiger partial charge on any atom is 0.259 e. The second kappa shape index (κ2) is 12.8. The van der Waals surface area contributed by atoms with E-state index in [1.165, 1.54) is 4.88 Å². The van der Waals surface area contributed by atoms with Gasteiger partial charge in [0.25, 0.3) is 5.91 Å². The molecule has 0 fully saturated rings. The number of thiophene rings is 1. The topological polar surface area (TPSA) is 74.5 Å². The first-order chi connectivity index (χ1) is 20.1. The van der Waals surface area contributed by atoms with E-state index in [1.807, 2.05) is 30.3 Å². The van der Waals surface area contributed by atoms with E-state index in [9.17, 15) is 4.79 Å². The third-order valence-electron chi connectivity index (χ3n) is 7.56. The summed E-state index contributed by atoms with van der Waals surface area (Å²) >= 11 is 11.3. The van der Waals surface area contributed by atoms with Gasteiger partial charge in [0.15, 0.2) is 0 Å². The minimum Gasteiger partial charge on any atom is -0.488 e. The van der Waals surface area contributed by atoms with Gasteiger partial charge in [0.05, 0.1) is 21.7 Å². The number of benzene rings is 3. The van der Waals surface area contributed by atoms with Crippen LogP contribution in [0.15, 0.2) is 76.2 Å². The molecule has 214 valence electrons. The minimum atomic E-state index is -0.149. The normalized spacial score (nSPS) is 14.8. The molecule has 0 saturated heterocycles. The number of nitrogens with zero attached hydrogens (tertiary/aromatic N) is 2. The van der Waals surface area contributed by atoms with Crippen LogP contribution in [-0.2, 0) is 19.4 Å². The van der Waals surface area contributed by atoms with Gasteiger partial charge in [-0.3, -0.25) is 4.79 Å². The zero-order chi connectivity index (χ0) is 29.9. The second-order valence-electron chi connectivity index (χ2n) is 11.5. The van der Waals surface area contributed by atoms with Crippen LogP contribution in [-0.4, -0.2) is 12.1 Å². The molecule has 1 atom stereocenters. The number of carbonyl (C=O) groups is 1. The number of amides is 1. The number of carbonyl (C=O) groups excluding carboxylic acids is 1. The molecule has 1 aliphatic rings. The number of aliphatic imine (C=N–C) groups is 1. The van der Waals surface area contributed by atoms with E-state index in [0.717, 1.165) is 45.4 Å². The molecule has 1 aliphatic carbocycles. The van der Waals surface area contributed by atoms with Gasteiger partial charge in [0.2, 0.25) is 0 Å². The fourth-order valence-corrected chi connectivity index (χ4v) is 6.95. The van der Waals surface area contributed by atoms with E-state index in [2.05, 4.69) is 48.1 Å². The van der Waals surface area contributed by atoms with Crippen LogP contribution in [0.4, 0.5) is 10.7 Å². The Labute approximate surface area is 264 Å². The van der Waals surface area contributed by atoms with Gasteiger partial charge in [0, 0.05) is 21.8 Å². The molecule has 1 aromatic heterocycles. The summed E-state index contributed by atoms with van der Waals surface area (Å²) in [7, 11) is 0. The third-order valence-corrected chi connectivity index (χ3v) is 9.60. The Morgan fingerprint density at radius 2 is 1.90 bits per heavy atom. The Morgan fingerprint density at radius 3 is 2.57 bits per heavy atom. The van der Waals surface area contributed by atoms with Crippen molar-refractivity contribution in [3.63, 3.8) is 0 Å². The number of halogens is 2. The maximum absolute atomic E-state index is 13.6. The average Bonchev–Trinajstić information content (AvgIpc) is 3.34. The van der Waals surface area contributed by atoms with Crippen molar-refractivity contribution in [2.45, 2.75) is 46.6 Å². The van der Waals surface area contributed by atoms with Gasteiger partial charge in [-0.05, 0) is 118 Å². The zero-order valence-electron chi connectivity index (χ0n) is 23.7. The quantitative estimate of drug-likeness (QED) is 0.201. The lowest BCUT2D eigenvalue weighted by Gasteiger charge is -2.33. The Bertz CT molecular complexity index is 1670. The highest BCUT2D eigenvalue weighted by atomic mass is 79.9. The molecule has 5 nitrogen and oxygen atoms in total. The highest BCUT2D eigenvalue weighted by Gasteiger charge is 2.33. The highest BCUT2D eigenvalue weighted by molar-refractivity contribution is 9.10. The van der Waals surface area contributed by atoms with Crippen LogP contribution in [0.3, 0.4) is 0 Å². The Balaban J connectivity index is 1.37. The van der Waals surface area contributed by atoms with E-state index in [4.69, 9.17) is 26.6 Å². The molecule has 42 heavy (non-hydrogen) atoms. The molecule has 1 amide bonds. The van der Waals surface area contributed by atoms with Crippen molar-refractivity contribution in [3.8, 4) is 11.8 Å². The third kappa shape index (κ3) is 7.12. The van der Waals surface area contributed by atoms with Crippen molar-refractivity contribution in [1.29, 1.82) is 5.26 Å². The Kier molecular flexibility index (Phi) is 9.17. The van der Waals surface area contributed by atoms with Crippen molar-refractivity contribution in [3.05, 3.63) is 109 Å². The van der Waals surface area contributed by atoms with Crippen molar-refractivity contribution >= 4 is 61.7 Å². The molecule has 8 heteroatoms. The number of hydrogen-bond donors (Lipinski definition) is 1. The zero-order valence-corrected chi connectivity index (χ0v) is 26.9. The predicted octanol–water partition coefficient (Wildman–Crippen LogP) is 9.77. The lowest BCUT2D eigenvalue weighted by atomic mass is 9.72. The number of rotatable bonds is 7. The lowest BCUT2D eigenvalue weighted by Crippen LogP contribution is -2.27. The van der Waals surface area contributed by atoms with Crippen LogP contribution >= 0.6 is 38.9 Å². The number of ether oxygens (including phenoxy) is 1. The summed E-state index contributed by atoms with van der Waals surface area (Å²) in [4.78, 5) is 19.7. The summed E-state index contributed by atoms with van der Waals surface area (Å²) in [6.07, 6.45) is 4.67. The number of nitriles is 1. The molecule has 0 aliphatic heterocycles. The molecule has 4 aromatic rings. The minimum absolute atomic E-state index is 0.149. The van der Waals surface area contributed by atoms with Crippen LogP contribution in [0.1, 0.15) is 64.7 Å². The first-order valence-corrected chi connectivity index (χ1v) is 15.8. The summed E-state index contributed by atoms with van der Waals surface area (Å²) in [5.41, 5.74) is 5.16. The average molecular weight is 661 g/mol. The molecule has 0 unspecified atom stereocenters. The van der Waals surface area contributed by atoms with Gasteiger partial charge in [0.1, 0.15) is 17.4 Å².